The molecule has 0 aromatic heterocycles. The summed E-state index contributed by atoms with van der Waals surface area (Å²) in [5, 5.41) is 18.0. The van der Waals surface area contributed by atoms with Crippen molar-refractivity contribution in [2.75, 3.05) is 32.6 Å². The van der Waals surface area contributed by atoms with E-state index in [1.165, 1.54) is 14.0 Å². The molecule has 3 atom stereocenters. The molecule has 0 aliphatic carbocycles. The van der Waals surface area contributed by atoms with Crippen LogP contribution in [0.4, 0.5) is 0 Å². The highest BCUT2D eigenvalue weighted by Crippen LogP contribution is 2.57. The van der Waals surface area contributed by atoms with Gasteiger partial charge >= 0.3 is 12.7 Å². The molecule has 0 aromatic carbocycles. The van der Waals surface area contributed by atoms with Crippen molar-refractivity contribution >= 4 is 35.9 Å². The van der Waals surface area contributed by atoms with E-state index < -0.39 is 36.2 Å². The molecule has 1 saturated heterocycles. The average molecular weight is 425 g/mol. The van der Waals surface area contributed by atoms with Gasteiger partial charge in [0.1, 0.15) is 12.1 Å². The van der Waals surface area contributed by atoms with Crippen LogP contribution in [0.1, 0.15) is 27.2 Å². The molecular weight excluding hydrogens is 397 g/mol. The summed E-state index contributed by atoms with van der Waals surface area (Å²) in [6.07, 6.45) is -1.37. The van der Waals surface area contributed by atoms with E-state index in [2.05, 4.69) is 20.5 Å². The zero-order chi connectivity index (χ0) is 20.7. The van der Waals surface area contributed by atoms with E-state index in [0.717, 1.165) is 11.4 Å². The fourth-order valence-corrected chi connectivity index (χ4v) is 5.92. The molecule has 0 radical (unpaired) electrons. The van der Waals surface area contributed by atoms with Crippen LogP contribution in [0, 0.1) is 5.41 Å². The highest BCUT2D eigenvalue weighted by molar-refractivity contribution is 8.56. The monoisotopic (exact) mass is 425 g/mol. The molecule has 1 aliphatic heterocycles. The molecule has 10 nitrogen and oxygen atoms in total. The summed E-state index contributed by atoms with van der Waals surface area (Å²) in [4.78, 5) is 35.4. The second-order valence-corrected chi connectivity index (χ2v) is 11.2. The van der Waals surface area contributed by atoms with Crippen LogP contribution in [-0.4, -0.2) is 67.6 Å². The first-order valence-electron chi connectivity index (χ1n) is 8.48. The number of esters is 1. The Balaban J connectivity index is 2.97. The maximum absolute atomic E-state index is 13.1. The molecule has 1 aliphatic rings. The third kappa shape index (κ3) is 7.79. The number of nitrogens with one attached hydrogen (secondary N) is 3. The van der Waals surface area contributed by atoms with Crippen molar-refractivity contribution in [3.05, 3.63) is 0 Å². The summed E-state index contributed by atoms with van der Waals surface area (Å²) in [6, 6.07) is -0.891. The van der Waals surface area contributed by atoms with Crippen LogP contribution in [0.15, 0.2) is 0 Å². The number of ether oxygens (including phenoxy) is 1. The Bertz CT molecular complexity index is 602. The van der Waals surface area contributed by atoms with Crippen LogP contribution in [0.2, 0.25) is 0 Å². The predicted molar refractivity (Wildman–Crippen MR) is 101 cm³/mol. The van der Waals surface area contributed by atoms with E-state index in [1.54, 1.807) is 13.8 Å². The van der Waals surface area contributed by atoms with Gasteiger partial charge in [0.15, 0.2) is 0 Å². The van der Waals surface area contributed by atoms with E-state index >= 15 is 0 Å². The Morgan fingerprint density at radius 2 is 2.07 bits per heavy atom. The topological polar surface area (TPSA) is 143 Å². The van der Waals surface area contributed by atoms with Crippen LogP contribution in [0.3, 0.4) is 0 Å². The minimum atomic E-state index is -3.59. The molecule has 156 valence electrons. The first kappa shape index (κ1) is 23.9. The van der Waals surface area contributed by atoms with Gasteiger partial charge in [-0.15, -0.1) is 0 Å². The first-order valence-corrected chi connectivity index (χ1v) is 11.7. The van der Waals surface area contributed by atoms with Gasteiger partial charge in [-0.25, -0.2) is 5.09 Å². The van der Waals surface area contributed by atoms with Crippen LogP contribution < -0.4 is 15.7 Å². The van der Waals surface area contributed by atoms with Crippen molar-refractivity contribution in [1.82, 2.24) is 15.7 Å². The summed E-state index contributed by atoms with van der Waals surface area (Å²) < 4.78 is 23.3. The Kier molecular flexibility index (Phi) is 9.23. The molecule has 1 unspecified atom stereocenters. The quantitative estimate of drug-likeness (QED) is 0.363. The van der Waals surface area contributed by atoms with E-state index in [4.69, 9.17) is 4.52 Å². The van der Waals surface area contributed by atoms with Crippen LogP contribution >= 0.6 is 18.1 Å². The molecule has 1 heterocycles. The lowest BCUT2D eigenvalue weighted by Gasteiger charge is -2.31. The van der Waals surface area contributed by atoms with E-state index in [0.29, 0.717) is 0 Å². The Morgan fingerprint density at radius 3 is 2.70 bits per heavy atom. The molecule has 0 bridgehead atoms. The van der Waals surface area contributed by atoms with E-state index in [1.807, 2.05) is 0 Å². The fourth-order valence-electron chi connectivity index (χ4n) is 2.10. The Morgan fingerprint density at radius 1 is 1.41 bits per heavy atom. The van der Waals surface area contributed by atoms with Gasteiger partial charge in [-0.2, -0.15) is 0 Å². The molecule has 0 spiro atoms. The Labute approximate surface area is 162 Å². The lowest BCUT2D eigenvalue weighted by molar-refractivity contribution is -0.142. The van der Waals surface area contributed by atoms with Crippen molar-refractivity contribution in [1.29, 1.82) is 0 Å². The molecule has 12 heteroatoms. The zero-order valence-electron chi connectivity index (χ0n) is 15.9. The minimum Gasteiger partial charge on any atom is -0.468 e. The SMILES string of the molecule is COC(=O)[C@H](C)NP1(=O)OCC(C)(C)[C@@H](O)C(=O)NCCC(=O)NCCS1. The number of amides is 2. The number of hydrogen-bond acceptors (Lipinski definition) is 8. The second-order valence-electron chi connectivity index (χ2n) is 6.76. The summed E-state index contributed by atoms with van der Waals surface area (Å²) in [5.74, 6) is -1.26. The van der Waals surface area contributed by atoms with Crippen molar-refractivity contribution in [2.24, 2.45) is 5.41 Å². The van der Waals surface area contributed by atoms with Crippen LogP contribution in [-0.2, 0) is 28.2 Å². The smallest absolute Gasteiger partial charge is 0.327 e. The first-order chi connectivity index (χ1) is 12.5. The third-order valence-corrected chi connectivity index (χ3v) is 7.94. The number of carbonyl (C=O) groups is 3. The van der Waals surface area contributed by atoms with Gasteiger partial charge in [0.25, 0.3) is 0 Å². The second kappa shape index (κ2) is 10.4. The lowest BCUT2D eigenvalue weighted by atomic mass is 9.87. The molecule has 4 N–H and O–H groups in total. The van der Waals surface area contributed by atoms with Gasteiger partial charge in [0.2, 0.25) is 11.8 Å². The molecule has 27 heavy (non-hydrogen) atoms. The van der Waals surface area contributed by atoms with Gasteiger partial charge in [0.05, 0.1) is 13.7 Å². The van der Waals surface area contributed by atoms with E-state index in [-0.39, 0.29) is 37.8 Å². The van der Waals surface area contributed by atoms with E-state index in [9.17, 15) is 24.1 Å². The molecule has 1 fully saturated rings. The lowest BCUT2D eigenvalue weighted by Crippen LogP contribution is -2.47. The molecule has 0 saturated carbocycles. The molecule has 2 amide bonds. The fraction of sp³-hybridized carbons (Fsp3) is 0.800. The number of aliphatic hydroxyl groups excluding tert-OH is 1. The van der Waals surface area contributed by atoms with Gasteiger partial charge in [-0.1, -0.05) is 25.2 Å². The number of methoxy groups -OCH3 is 1. The van der Waals surface area contributed by atoms with Gasteiger partial charge in [-0.3, -0.25) is 18.9 Å². The van der Waals surface area contributed by atoms with Crippen LogP contribution in [0.5, 0.6) is 0 Å². The number of hydrogen-bond donors (Lipinski definition) is 4. The van der Waals surface area contributed by atoms with Crippen molar-refractivity contribution in [3.8, 4) is 0 Å². The highest BCUT2D eigenvalue weighted by Gasteiger charge is 2.38. The number of rotatable bonds is 3. The maximum atomic E-state index is 13.1. The zero-order valence-corrected chi connectivity index (χ0v) is 17.7. The van der Waals surface area contributed by atoms with Gasteiger partial charge < -0.3 is 25.0 Å². The minimum absolute atomic E-state index is 0.0648. The Hall–Kier alpha value is -1.13. The molecule has 0 aromatic rings. The number of carbonyl (C=O) groups excluding carboxylic acids is 3. The standard InChI is InChI=1S/C15H28N3O7PS/c1-10(14(22)24-4)18-26(23)25-9-15(2,3)12(20)13(21)17-6-5-11(19)16-7-8-27-26/h10,12,20H,5-9H2,1-4H3,(H,16,19)(H,17,21)(H,18,23)/t10-,12-,26?/m0/s1. The summed E-state index contributed by atoms with van der Waals surface area (Å²) in [7, 11) is 1.21. The third-order valence-electron chi connectivity index (χ3n) is 3.84. The summed E-state index contributed by atoms with van der Waals surface area (Å²) >= 11 is 0.929. The molecule has 1 rings (SSSR count). The van der Waals surface area contributed by atoms with Gasteiger partial charge in [0, 0.05) is 30.7 Å². The summed E-state index contributed by atoms with van der Waals surface area (Å²) in [5.41, 5.74) is -1.05. The molecular formula is C15H28N3O7PS. The van der Waals surface area contributed by atoms with Crippen molar-refractivity contribution in [3.63, 3.8) is 0 Å². The maximum Gasteiger partial charge on any atom is 0.327 e. The van der Waals surface area contributed by atoms with Crippen molar-refractivity contribution in [2.45, 2.75) is 39.3 Å². The van der Waals surface area contributed by atoms with Crippen molar-refractivity contribution < 1.29 is 33.3 Å². The average Bonchev–Trinajstić information content (AvgIpc) is 2.61. The van der Waals surface area contributed by atoms with Crippen LogP contribution in [0.25, 0.3) is 0 Å². The number of aliphatic hydroxyl groups is 1. The predicted octanol–water partition coefficient (Wildman–Crippen LogP) is 0.0186. The largest absolute Gasteiger partial charge is 0.468 e. The summed E-state index contributed by atoms with van der Waals surface area (Å²) in [6.45, 7) is 1.22. The normalized spacial score (nSPS) is 29.0. The highest BCUT2D eigenvalue weighted by atomic mass is 32.7. The van der Waals surface area contributed by atoms with Gasteiger partial charge in [-0.05, 0) is 6.92 Å².